The summed E-state index contributed by atoms with van der Waals surface area (Å²) >= 11 is 0. The third-order valence-corrected chi connectivity index (χ3v) is 3.82. The van der Waals surface area contributed by atoms with Gasteiger partial charge in [-0.1, -0.05) is 34.6 Å². The van der Waals surface area contributed by atoms with E-state index < -0.39 is 10.0 Å². The normalized spacial score (nSPS) is 15.4. The third-order valence-electron chi connectivity index (χ3n) is 1.96. The first-order valence-corrected chi connectivity index (χ1v) is 7.40. The molecule has 5 heteroatoms. The third kappa shape index (κ3) is 9.12. The number of nitrogens with one attached hydrogen (secondary N) is 1. The van der Waals surface area contributed by atoms with Crippen molar-refractivity contribution in [3.05, 3.63) is 0 Å². The van der Waals surface area contributed by atoms with Gasteiger partial charge >= 0.3 is 0 Å². The van der Waals surface area contributed by atoms with E-state index in [-0.39, 0.29) is 17.2 Å². The van der Waals surface area contributed by atoms with Crippen LogP contribution < -0.4 is 10.5 Å². The predicted octanol–water partition coefficient (Wildman–Crippen LogP) is 1.33. The lowest BCUT2D eigenvalue weighted by molar-refractivity contribution is 0.451. The highest BCUT2D eigenvalue weighted by Crippen LogP contribution is 2.15. The summed E-state index contributed by atoms with van der Waals surface area (Å²) in [6.45, 7) is 10.2. The van der Waals surface area contributed by atoms with Crippen molar-refractivity contribution in [2.45, 2.75) is 47.1 Å². The first kappa shape index (κ1) is 15.9. The lowest BCUT2D eigenvalue weighted by Gasteiger charge is -2.20. The molecule has 0 saturated carbocycles. The van der Waals surface area contributed by atoms with E-state index in [0.717, 1.165) is 6.42 Å². The zero-order chi connectivity index (χ0) is 13.0. The van der Waals surface area contributed by atoms with Gasteiger partial charge in [0.25, 0.3) is 0 Å². The largest absolute Gasteiger partial charge is 0.327 e. The molecule has 0 amide bonds. The maximum absolute atomic E-state index is 11.7. The Morgan fingerprint density at radius 3 is 2.12 bits per heavy atom. The van der Waals surface area contributed by atoms with E-state index >= 15 is 0 Å². The molecule has 0 spiro atoms. The van der Waals surface area contributed by atoms with E-state index in [9.17, 15) is 8.42 Å². The average molecular weight is 250 g/mol. The van der Waals surface area contributed by atoms with E-state index in [1.165, 1.54) is 0 Å². The Morgan fingerprint density at radius 1 is 1.25 bits per heavy atom. The average Bonchev–Trinajstić information content (AvgIpc) is 1.95. The predicted molar refractivity (Wildman–Crippen MR) is 68.7 cm³/mol. The van der Waals surface area contributed by atoms with Gasteiger partial charge in [0, 0.05) is 12.6 Å². The topological polar surface area (TPSA) is 72.2 Å². The molecule has 0 fully saturated rings. The molecule has 1 atom stereocenters. The summed E-state index contributed by atoms with van der Waals surface area (Å²) in [5.74, 6) is 0.621. The minimum Gasteiger partial charge on any atom is -0.327 e. The molecule has 98 valence electrons. The van der Waals surface area contributed by atoms with Crippen LogP contribution in [0.15, 0.2) is 0 Å². The number of nitrogens with two attached hydrogens (primary N) is 1. The number of rotatable bonds is 6. The van der Waals surface area contributed by atoms with Gasteiger partial charge < -0.3 is 5.73 Å². The second-order valence-electron chi connectivity index (χ2n) is 6.06. The molecule has 0 aromatic rings. The van der Waals surface area contributed by atoms with E-state index in [4.69, 9.17) is 5.73 Å². The van der Waals surface area contributed by atoms with Crippen molar-refractivity contribution < 1.29 is 8.42 Å². The lowest BCUT2D eigenvalue weighted by atomic mass is 10.0. The Hall–Kier alpha value is -0.130. The van der Waals surface area contributed by atoms with E-state index in [1.807, 2.05) is 20.8 Å². The quantitative estimate of drug-likeness (QED) is 0.747. The fraction of sp³-hybridized carbons (Fsp3) is 1.00. The molecule has 0 saturated heterocycles. The van der Waals surface area contributed by atoms with Gasteiger partial charge in [-0.05, 0) is 17.8 Å². The molecule has 0 heterocycles. The van der Waals surface area contributed by atoms with Crippen molar-refractivity contribution >= 4 is 10.0 Å². The van der Waals surface area contributed by atoms with Crippen LogP contribution in [0.25, 0.3) is 0 Å². The Morgan fingerprint density at radius 2 is 1.75 bits per heavy atom. The fourth-order valence-corrected chi connectivity index (χ4v) is 3.25. The molecule has 1 unspecified atom stereocenters. The maximum Gasteiger partial charge on any atom is 0.212 e. The molecule has 0 aliphatic rings. The number of sulfonamides is 1. The minimum atomic E-state index is -3.20. The molecule has 0 rings (SSSR count). The zero-order valence-corrected chi connectivity index (χ0v) is 11.9. The van der Waals surface area contributed by atoms with Gasteiger partial charge in [-0.25, -0.2) is 13.1 Å². The molecule has 0 aromatic carbocycles. The van der Waals surface area contributed by atoms with Crippen LogP contribution in [0, 0.1) is 11.3 Å². The minimum absolute atomic E-state index is 0.102. The highest BCUT2D eigenvalue weighted by molar-refractivity contribution is 7.89. The summed E-state index contributed by atoms with van der Waals surface area (Å²) in [6.07, 6.45) is 0.831. The van der Waals surface area contributed by atoms with Crippen molar-refractivity contribution in [3.63, 3.8) is 0 Å². The van der Waals surface area contributed by atoms with Crippen LogP contribution in [0.1, 0.15) is 41.0 Å². The van der Waals surface area contributed by atoms with Crippen molar-refractivity contribution in [2.75, 3.05) is 12.3 Å². The first-order chi connectivity index (χ1) is 7.02. The van der Waals surface area contributed by atoms with Gasteiger partial charge in [0.05, 0.1) is 5.75 Å². The molecular weight excluding hydrogens is 224 g/mol. The first-order valence-electron chi connectivity index (χ1n) is 5.75. The zero-order valence-electron chi connectivity index (χ0n) is 11.1. The van der Waals surface area contributed by atoms with E-state index in [2.05, 4.69) is 18.6 Å². The SMILES string of the molecule is CC(C)CC(N)CNS(=O)(=O)CC(C)(C)C. The summed E-state index contributed by atoms with van der Waals surface area (Å²) in [7, 11) is -3.20. The van der Waals surface area contributed by atoms with Crippen molar-refractivity contribution in [1.29, 1.82) is 0 Å². The second kappa shape index (κ2) is 5.98. The monoisotopic (exact) mass is 250 g/mol. The fourth-order valence-electron chi connectivity index (χ4n) is 1.54. The summed E-state index contributed by atoms with van der Waals surface area (Å²) in [5.41, 5.74) is 5.59. The van der Waals surface area contributed by atoms with Crippen LogP contribution in [-0.2, 0) is 10.0 Å². The summed E-state index contributed by atoms with van der Waals surface area (Å²) < 4.78 is 25.9. The molecule has 16 heavy (non-hydrogen) atoms. The van der Waals surface area contributed by atoms with E-state index in [1.54, 1.807) is 0 Å². The smallest absolute Gasteiger partial charge is 0.212 e. The Bertz CT molecular complexity index is 292. The molecular formula is C11H26N2O2S. The van der Waals surface area contributed by atoms with Crippen molar-refractivity contribution in [3.8, 4) is 0 Å². The van der Waals surface area contributed by atoms with Gasteiger partial charge in [0.15, 0.2) is 0 Å². The van der Waals surface area contributed by atoms with Crippen LogP contribution >= 0.6 is 0 Å². The number of hydrogen-bond donors (Lipinski definition) is 2. The Kier molecular flexibility index (Phi) is 5.93. The molecule has 0 aromatic heterocycles. The highest BCUT2D eigenvalue weighted by atomic mass is 32.2. The van der Waals surface area contributed by atoms with Gasteiger partial charge in [0.2, 0.25) is 10.0 Å². The summed E-state index contributed by atoms with van der Waals surface area (Å²) in [5, 5.41) is 0. The molecule has 0 aliphatic heterocycles. The Balaban J connectivity index is 4.10. The van der Waals surface area contributed by atoms with Crippen LogP contribution in [0.5, 0.6) is 0 Å². The van der Waals surface area contributed by atoms with Crippen LogP contribution in [0.2, 0.25) is 0 Å². The van der Waals surface area contributed by atoms with Gasteiger partial charge in [-0.2, -0.15) is 0 Å². The van der Waals surface area contributed by atoms with Crippen molar-refractivity contribution in [1.82, 2.24) is 4.72 Å². The molecule has 3 N–H and O–H groups in total. The van der Waals surface area contributed by atoms with Gasteiger partial charge in [-0.15, -0.1) is 0 Å². The Labute approximate surface area is 100 Å². The second-order valence-corrected chi connectivity index (χ2v) is 7.86. The molecule has 0 bridgehead atoms. The van der Waals surface area contributed by atoms with E-state index in [0.29, 0.717) is 12.5 Å². The molecule has 0 radical (unpaired) electrons. The highest BCUT2D eigenvalue weighted by Gasteiger charge is 2.21. The molecule has 4 nitrogen and oxygen atoms in total. The summed E-state index contributed by atoms with van der Waals surface area (Å²) in [6, 6.07) is -0.102. The van der Waals surface area contributed by atoms with Crippen LogP contribution in [0.3, 0.4) is 0 Å². The summed E-state index contributed by atoms with van der Waals surface area (Å²) in [4.78, 5) is 0. The molecule has 0 aliphatic carbocycles. The maximum atomic E-state index is 11.7. The lowest BCUT2D eigenvalue weighted by Crippen LogP contribution is -2.40. The van der Waals surface area contributed by atoms with Crippen molar-refractivity contribution in [2.24, 2.45) is 17.1 Å². The standard InChI is InChI=1S/C11H26N2O2S/c1-9(2)6-10(12)7-13-16(14,15)8-11(3,4)5/h9-10,13H,6-8,12H2,1-5H3. The number of hydrogen-bond acceptors (Lipinski definition) is 3. The van der Waals surface area contributed by atoms with Gasteiger partial charge in [0.1, 0.15) is 0 Å². The van der Waals surface area contributed by atoms with Crippen LogP contribution in [0.4, 0.5) is 0 Å². The van der Waals surface area contributed by atoms with Gasteiger partial charge in [-0.3, -0.25) is 0 Å². The van der Waals surface area contributed by atoms with Crippen LogP contribution in [-0.4, -0.2) is 26.8 Å².